The molecule has 1 aromatic rings. The Bertz CT molecular complexity index is 337. The summed E-state index contributed by atoms with van der Waals surface area (Å²) in [4.78, 5) is 6.52. The number of ether oxygens (including phenoxy) is 1. The molecule has 1 heterocycles. The quantitative estimate of drug-likeness (QED) is 0.713. The molecule has 1 unspecified atom stereocenters. The maximum atomic E-state index is 5.92. The van der Waals surface area contributed by atoms with E-state index in [1.165, 1.54) is 5.69 Å². The van der Waals surface area contributed by atoms with Crippen molar-refractivity contribution in [1.29, 1.82) is 0 Å². The van der Waals surface area contributed by atoms with E-state index >= 15 is 0 Å². The molecule has 0 aliphatic rings. The van der Waals surface area contributed by atoms with Gasteiger partial charge in [0.25, 0.3) is 0 Å². The molecule has 0 radical (unpaired) electrons. The highest BCUT2D eigenvalue weighted by Gasteiger charge is 2.19. The van der Waals surface area contributed by atoms with Gasteiger partial charge in [-0.1, -0.05) is 0 Å². The van der Waals surface area contributed by atoms with Crippen LogP contribution in [0.15, 0.2) is 12.5 Å². The van der Waals surface area contributed by atoms with Crippen molar-refractivity contribution in [2.75, 3.05) is 33.9 Å². The molecule has 0 aliphatic carbocycles. The van der Waals surface area contributed by atoms with Gasteiger partial charge in [-0.15, -0.1) is 0 Å². The molecule has 1 rings (SSSR count). The lowest BCUT2D eigenvalue weighted by molar-refractivity contribution is 0.164. The maximum absolute atomic E-state index is 5.92. The Morgan fingerprint density at radius 3 is 2.78 bits per heavy atom. The molecule has 18 heavy (non-hydrogen) atoms. The molecule has 0 saturated carbocycles. The number of imidazole rings is 1. The van der Waals surface area contributed by atoms with Crippen molar-refractivity contribution >= 4 is 0 Å². The first-order chi connectivity index (χ1) is 8.61. The first-order valence-electron chi connectivity index (χ1n) is 6.52. The number of likely N-dealkylation sites (N-methyl/N-ethyl adjacent to an activating group) is 1. The fourth-order valence-electron chi connectivity index (χ4n) is 2.15. The average molecular weight is 254 g/mol. The Morgan fingerprint density at radius 2 is 2.22 bits per heavy atom. The van der Waals surface area contributed by atoms with E-state index in [-0.39, 0.29) is 6.04 Å². The van der Waals surface area contributed by atoms with Gasteiger partial charge < -0.3 is 15.0 Å². The number of hydrogen-bond acceptors (Lipinski definition) is 4. The monoisotopic (exact) mass is 254 g/mol. The molecule has 5 nitrogen and oxygen atoms in total. The topological polar surface area (TPSA) is 56.3 Å². The van der Waals surface area contributed by atoms with Gasteiger partial charge in [0.15, 0.2) is 0 Å². The van der Waals surface area contributed by atoms with Crippen LogP contribution in [0, 0.1) is 0 Å². The van der Waals surface area contributed by atoms with Crippen LogP contribution >= 0.6 is 0 Å². The summed E-state index contributed by atoms with van der Waals surface area (Å²) in [6, 6.07) is 0.621. The molecule has 0 bridgehead atoms. The van der Waals surface area contributed by atoms with Gasteiger partial charge in [0.2, 0.25) is 0 Å². The van der Waals surface area contributed by atoms with Crippen molar-refractivity contribution in [3.63, 3.8) is 0 Å². The first-order valence-corrected chi connectivity index (χ1v) is 6.52. The third-order valence-electron chi connectivity index (χ3n) is 3.21. The van der Waals surface area contributed by atoms with E-state index in [0.29, 0.717) is 12.6 Å². The highest BCUT2D eigenvalue weighted by molar-refractivity contribution is 5.07. The van der Waals surface area contributed by atoms with Crippen molar-refractivity contribution in [3.05, 3.63) is 18.2 Å². The second-order valence-electron chi connectivity index (χ2n) is 4.90. The van der Waals surface area contributed by atoms with E-state index in [1.54, 1.807) is 7.11 Å². The highest BCUT2D eigenvalue weighted by Crippen LogP contribution is 2.21. The van der Waals surface area contributed by atoms with Crippen LogP contribution in [0.1, 0.15) is 38.0 Å². The van der Waals surface area contributed by atoms with Gasteiger partial charge >= 0.3 is 0 Å². The molecule has 0 spiro atoms. The Balaban J connectivity index is 2.72. The lowest BCUT2D eigenvalue weighted by Crippen LogP contribution is -2.33. The standard InChI is InChI=1S/C13H26N4O/c1-11(2)17-10-15-9-13(17)12(8-14)16(3)6-5-7-18-4/h9-12H,5-8,14H2,1-4H3. The van der Waals surface area contributed by atoms with Gasteiger partial charge in [-0.05, 0) is 27.3 Å². The van der Waals surface area contributed by atoms with Gasteiger partial charge in [-0.2, -0.15) is 0 Å². The predicted molar refractivity (Wildman–Crippen MR) is 73.5 cm³/mol. The van der Waals surface area contributed by atoms with Crippen LogP contribution in [0.5, 0.6) is 0 Å². The van der Waals surface area contributed by atoms with E-state index in [1.807, 2.05) is 12.5 Å². The number of nitrogens with zero attached hydrogens (tertiary/aromatic N) is 3. The summed E-state index contributed by atoms with van der Waals surface area (Å²) in [7, 11) is 3.83. The molecular weight excluding hydrogens is 228 g/mol. The fourth-order valence-corrected chi connectivity index (χ4v) is 2.15. The molecule has 1 atom stereocenters. The van der Waals surface area contributed by atoms with Crippen molar-refractivity contribution in [3.8, 4) is 0 Å². The van der Waals surface area contributed by atoms with Gasteiger partial charge in [0.05, 0.1) is 18.1 Å². The van der Waals surface area contributed by atoms with Crippen molar-refractivity contribution < 1.29 is 4.74 Å². The maximum Gasteiger partial charge on any atom is 0.0951 e. The van der Waals surface area contributed by atoms with E-state index in [9.17, 15) is 0 Å². The smallest absolute Gasteiger partial charge is 0.0951 e. The molecule has 0 aromatic carbocycles. The summed E-state index contributed by atoms with van der Waals surface area (Å²) < 4.78 is 7.27. The summed E-state index contributed by atoms with van der Waals surface area (Å²) in [6.07, 6.45) is 4.81. The van der Waals surface area contributed by atoms with Gasteiger partial charge in [0, 0.05) is 39.0 Å². The summed E-state index contributed by atoms with van der Waals surface area (Å²) in [5, 5.41) is 0. The van der Waals surface area contributed by atoms with E-state index in [2.05, 4.69) is 35.3 Å². The van der Waals surface area contributed by atoms with E-state index < -0.39 is 0 Å². The number of methoxy groups -OCH3 is 1. The third kappa shape index (κ3) is 3.80. The number of aromatic nitrogens is 2. The zero-order chi connectivity index (χ0) is 13.5. The van der Waals surface area contributed by atoms with Gasteiger partial charge in [-0.3, -0.25) is 4.90 Å². The van der Waals surface area contributed by atoms with Crippen LogP contribution in [0.25, 0.3) is 0 Å². The largest absolute Gasteiger partial charge is 0.385 e. The molecule has 104 valence electrons. The zero-order valence-electron chi connectivity index (χ0n) is 12.0. The fraction of sp³-hybridized carbons (Fsp3) is 0.769. The molecule has 5 heteroatoms. The zero-order valence-corrected chi connectivity index (χ0v) is 12.0. The summed E-state index contributed by atoms with van der Waals surface area (Å²) >= 11 is 0. The molecule has 0 fully saturated rings. The molecule has 0 saturated heterocycles. The van der Waals surface area contributed by atoms with Crippen molar-refractivity contribution in [2.45, 2.75) is 32.4 Å². The molecule has 1 aromatic heterocycles. The second-order valence-corrected chi connectivity index (χ2v) is 4.90. The van der Waals surface area contributed by atoms with Crippen LogP contribution in [-0.2, 0) is 4.74 Å². The minimum atomic E-state index is 0.215. The van der Waals surface area contributed by atoms with E-state index in [4.69, 9.17) is 10.5 Å². The molecule has 0 amide bonds. The lowest BCUT2D eigenvalue weighted by atomic mass is 10.1. The average Bonchev–Trinajstić information content (AvgIpc) is 2.79. The SMILES string of the molecule is COCCCN(C)C(CN)c1cncn1C(C)C. The van der Waals surface area contributed by atoms with Crippen LogP contribution in [0.4, 0.5) is 0 Å². The van der Waals surface area contributed by atoms with Gasteiger partial charge in [0.1, 0.15) is 0 Å². The second kappa shape index (κ2) is 7.51. The number of hydrogen-bond donors (Lipinski definition) is 1. The first kappa shape index (κ1) is 15.1. The van der Waals surface area contributed by atoms with Crippen molar-refractivity contribution in [2.24, 2.45) is 5.73 Å². The summed E-state index contributed by atoms with van der Waals surface area (Å²) in [5.74, 6) is 0. The normalized spacial score (nSPS) is 13.5. The van der Waals surface area contributed by atoms with Crippen LogP contribution < -0.4 is 5.73 Å². The molecular formula is C13H26N4O. The number of nitrogens with two attached hydrogens (primary N) is 1. The Morgan fingerprint density at radius 1 is 1.50 bits per heavy atom. The van der Waals surface area contributed by atoms with Crippen molar-refractivity contribution in [1.82, 2.24) is 14.5 Å². The minimum absolute atomic E-state index is 0.215. The predicted octanol–water partition coefficient (Wildman–Crippen LogP) is 1.43. The highest BCUT2D eigenvalue weighted by atomic mass is 16.5. The van der Waals surface area contributed by atoms with Gasteiger partial charge in [-0.25, -0.2) is 4.98 Å². The van der Waals surface area contributed by atoms with Crippen LogP contribution in [-0.4, -0.2) is 48.3 Å². The molecule has 0 aliphatic heterocycles. The van der Waals surface area contributed by atoms with E-state index in [0.717, 1.165) is 19.6 Å². The third-order valence-corrected chi connectivity index (χ3v) is 3.21. The lowest BCUT2D eigenvalue weighted by Gasteiger charge is -2.28. The Labute approximate surface area is 110 Å². The Kier molecular flexibility index (Phi) is 6.32. The van der Waals surface area contributed by atoms with Crippen LogP contribution in [0.3, 0.4) is 0 Å². The summed E-state index contributed by atoms with van der Waals surface area (Å²) in [5.41, 5.74) is 7.11. The van der Waals surface area contributed by atoms with Crippen LogP contribution in [0.2, 0.25) is 0 Å². The summed E-state index contributed by atoms with van der Waals surface area (Å²) in [6.45, 7) is 6.67. The minimum Gasteiger partial charge on any atom is -0.385 e. The number of rotatable bonds is 8. The Hall–Kier alpha value is -0.910. The molecule has 2 N–H and O–H groups in total.